The van der Waals surface area contributed by atoms with Crippen molar-refractivity contribution < 1.29 is 9.53 Å². The van der Waals surface area contributed by atoms with Gasteiger partial charge in [-0.2, -0.15) is 0 Å². The average molecular weight is 317 g/mol. The lowest BCUT2D eigenvalue weighted by Gasteiger charge is -2.34. The van der Waals surface area contributed by atoms with Crippen molar-refractivity contribution in [2.75, 3.05) is 37.7 Å². The van der Waals surface area contributed by atoms with Crippen LogP contribution in [0.1, 0.15) is 5.69 Å². The molecule has 0 atom stereocenters. The summed E-state index contributed by atoms with van der Waals surface area (Å²) in [7, 11) is 0. The predicted octanol–water partition coefficient (Wildman–Crippen LogP) is 2.18. The number of aryl methyl sites for hydroxylation is 1. The number of rotatable bonds is 4. The SMILES string of the molecule is Cc1csc(N2CCN(C(=O)COc3ccccc3)CC2)n1. The van der Waals surface area contributed by atoms with Gasteiger partial charge in [0.1, 0.15) is 5.75 Å². The Morgan fingerprint density at radius 1 is 1.23 bits per heavy atom. The van der Waals surface area contributed by atoms with E-state index in [1.54, 1.807) is 11.3 Å². The van der Waals surface area contributed by atoms with E-state index in [2.05, 4.69) is 15.3 Å². The first-order valence-electron chi connectivity index (χ1n) is 7.35. The van der Waals surface area contributed by atoms with E-state index in [0.717, 1.165) is 42.8 Å². The maximum Gasteiger partial charge on any atom is 0.260 e. The molecule has 0 N–H and O–H groups in total. The van der Waals surface area contributed by atoms with Gasteiger partial charge in [0.25, 0.3) is 5.91 Å². The molecular formula is C16H19N3O2S. The van der Waals surface area contributed by atoms with Crippen molar-refractivity contribution >= 4 is 22.4 Å². The van der Waals surface area contributed by atoms with E-state index >= 15 is 0 Å². The Bertz CT molecular complexity index is 621. The summed E-state index contributed by atoms with van der Waals surface area (Å²) < 4.78 is 5.52. The summed E-state index contributed by atoms with van der Waals surface area (Å²) >= 11 is 1.66. The van der Waals surface area contributed by atoms with Crippen LogP contribution in [0.3, 0.4) is 0 Å². The largest absolute Gasteiger partial charge is 0.484 e. The van der Waals surface area contributed by atoms with Crippen molar-refractivity contribution in [2.24, 2.45) is 0 Å². The third kappa shape index (κ3) is 3.57. The number of nitrogens with zero attached hydrogens (tertiary/aromatic N) is 3. The minimum atomic E-state index is 0.0406. The Morgan fingerprint density at radius 2 is 1.95 bits per heavy atom. The van der Waals surface area contributed by atoms with Gasteiger partial charge in [0.05, 0.1) is 5.69 Å². The molecule has 5 nitrogen and oxygen atoms in total. The smallest absolute Gasteiger partial charge is 0.260 e. The van der Waals surface area contributed by atoms with E-state index in [1.165, 1.54) is 0 Å². The van der Waals surface area contributed by atoms with Crippen LogP contribution >= 0.6 is 11.3 Å². The number of amides is 1. The van der Waals surface area contributed by atoms with Crippen LogP contribution in [0.2, 0.25) is 0 Å². The minimum Gasteiger partial charge on any atom is -0.484 e. The monoisotopic (exact) mass is 317 g/mol. The van der Waals surface area contributed by atoms with Gasteiger partial charge in [0.2, 0.25) is 0 Å². The maximum absolute atomic E-state index is 12.2. The zero-order valence-corrected chi connectivity index (χ0v) is 13.4. The van der Waals surface area contributed by atoms with E-state index in [9.17, 15) is 4.79 Å². The highest BCUT2D eigenvalue weighted by Gasteiger charge is 2.22. The highest BCUT2D eigenvalue weighted by molar-refractivity contribution is 7.13. The van der Waals surface area contributed by atoms with E-state index in [1.807, 2.05) is 42.2 Å². The number of hydrogen-bond acceptors (Lipinski definition) is 5. The third-order valence-corrected chi connectivity index (χ3v) is 4.63. The normalized spacial score (nSPS) is 15.0. The summed E-state index contributed by atoms with van der Waals surface area (Å²) in [6, 6.07) is 9.43. The molecule has 0 unspecified atom stereocenters. The minimum absolute atomic E-state index is 0.0406. The lowest BCUT2D eigenvalue weighted by atomic mass is 10.3. The molecule has 0 aliphatic carbocycles. The molecule has 3 rings (SSSR count). The van der Waals surface area contributed by atoms with Gasteiger partial charge in [0.15, 0.2) is 11.7 Å². The predicted molar refractivity (Wildman–Crippen MR) is 87.6 cm³/mol. The lowest BCUT2D eigenvalue weighted by Crippen LogP contribution is -2.50. The van der Waals surface area contributed by atoms with Crippen molar-refractivity contribution in [1.82, 2.24) is 9.88 Å². The van der Waals surface area contributed by atoms with Crippen molar-refractivity contribution in [2.45, 2.75) is 6.92 Å². The van der Waals surface area contributed by atoms with Gasteiger partial charge >= 0.3 is 0 Å². The van der Waals surface area contributed by atoms with E-state index in [-0.39, 0.29) is 12.5 Å². The van der Waals surface area contributed by atoms with Gasteiger partial charge < -0.3 is 14.5 Å². The van der Waals surface area contributed by atoms with Gasteiger partial charge in [0, 0.05) is 31.6 Å². The Labute approximate surface area is 134 Å². The van der Waals surface area contributed by atoms with Crippen LogP contribution in [-0.2, 0) is 4.79 Å². The molecular weight excluding hydrogens is 298 g/mol. The van der Waals surface area contributed by atoms with Crippen LogP contribution in [0.15, 0.2) is 35.7 Å². The number of carbonyl (C=O) groups excluding carboxylic acids is 1. The van der Waals surface area contributed by atoms with Gasteiger partial charge in [-0.1, -0.05) is 18.2 Å². The molecule has 1 saturated heterocycles. The first kappa shape index (κ1) is 14.8. The van der Waals surface area contributed by atoms with Crippen molar-refractivity contribution in [3.63, 3.8) is 0 Å². The molecule has 1 aliphatic heterocycles. The Kier molecular flexibility index (Phi) is 4.58. The second-order valence-corrected chi connectivity index (χ2v) is 6.08. The number of benzene rings is 1. The summed E-state index contributed by atoms with van der Waals surface area (Å²) in [5, 5.41) is 3.10. The van der Waals surface area contributed by atoms with Crippen LogP contribution in [0, 0.1) is 6.92 Å². The zero-order chi connectivity index (χ0) is 15.4. The lowest BCUT2D eigenvalue weighted by molar-refractivity contribution is -0.133. The quantitative estimate of drug-likeness (QED) is 0.867. The second-order valence-electron chi connectivity index (χ2n) is 5.24. The van der Waals surface area contributed by atoms with Crippen molar-refractivity contribution in [3.05, 3.63) is 41.4 Å². The molecule has 22 heavy (non-hydrogen) atoms. The summed E-state index contributed by atoms with van der Waals surface area (Å²) in [5.74, 6) is 0.770. The molecule has 1 aromatic heterocycles. The number of carbonyl (C=O) groups is 1. The van der Waals surface area contributed by atoms with Gasteiger partial charge in [-0.15, -0.1) is 11.3 Å². The molecule has 0 bridgehead atoms. The molecule has 116 valence electrons. The third-order valence-electron chi connectivity index (χ3n) is 3.62. The number of aromatic nitrogens is 1. The molecule has 1 fully saturated rings. The highest BCUT2D eigenvalue weighted by atomic mass is 32.1. The van der Waals surface area contributed by atoms with Crippen LogP contribution < -0.4 is 9.64 Å². The standard InChI is InChI=1S/C16H19N3O2S/c1-13-12-22-16(17-13)19-9-7-18(8-10-19)15(20)11-21-14-5-3-2-4-6-14/h2-6,12H,7-11H2,1H3. The molecule has 0 spiro atoms. The summed E-state index contributed by atoms with van der Waals surface area (Å²) in [6.07, 6.45) is 0. The van der Waals surface area contributed by atoms with Crippen LogP contribution in [0.4, 0.5) is 5.13 Å². The van der Waals surface area contributed by atoms with Gasteiger partial charge in [-0.25, -0.2) is 4.98 Å². The van der Waals surface area contributed by atoms with Crippen LogP contribution in [0.25, 0.3) is 0 Å². The van der Waals surface area contributed by atoms with Gasteiger partial charge in [-0.05, 0) is 19.1 Å². The molecule has 1 amide bonds. The second kappa shape index (κ2) is 6.79. The molecule has 0 saturated carbocycles. The van der Waals surface area contributed by atoms with E-state index in [0.29, 0.717) is 0 Å². The Morgan fingerprint density at radius 3 is 2.59 bits per heavy atom. The fourth-order valence-electron chi connectivity index (χ4n) is 2.39. The molecule has 6 heteroatoms. The van der Waals surface area contributed by atoms with Crippen LogP contribution in [0.5, 0.6) is 5.75 Å². The van der Waals surface area contributed by atoms with E-state index < -0.39 is 0 Å². The fraction of sp³-hybridized carbons (Fsp3) is 0.375. The molecule has 1 aliphatic rings. The zero-order valence-electron chi connectivity index (χ0n) is 12.6. The Balaban J connectivity index is 1.47. The van der Waals surface area contributed by atoms with E-state index in [4.69, 9.17) is 4.74 Å². The summed E-state index contributed by atoms with van der Waals surface area (Å²) in [6.45, 7) is 5.18. The average Bonchev–Trinajstić information content (AvgIpc) is 3.00. The number of hydrogen-bond donors (Lipinski definition) is 0. The van der Waals surface area contributed by atoms with Crippen molar-refractivity contribution in [1.29, 1.82) is 0 Å². The number of thiazole rings is 1. The molecule has 0 radical (unpaired) electrons. The molecule has 2 aromatic rings. The number of ether oxygens (including phenoxy) is 1. The summed E-state index contributed by atoms with van der Waals surface area (Å²) in [5.41, 5.74) is 1.05. The first-order valence-corrected chi connectivity index (χ1v) is 8.23. The maximum atomic E-state index is 12.2. The molecule has 2 heterocycles. The topological polar surface area (TPSA) is 45.7 Å². The number of anilines is 1. The van der Waals surface area contributed by atoms with Crippen LogP contribution in [-0.4, -0.2) is 48.6 Å². The fourth-order valence-corrected chi connectivity index (χ4v) is 3.24. The van der Waals surface area contributed by atoms with Gasteiger partial charge in [-0.3, -0.25) is 4.79 Å². The highest BCUT2D eigenvalue weighted by Crippen LogP contribution is 2.21. The Hall–Kier alpha value is -2.08. The molecule has 1 aromatic carbocycles. The number of piperazine rings is 1. The van der Waals surface area contributed by atoms with Crippen molar-refractivity contribution in [3.8, 4) is 5.75 Å². The summed E-state index contributed by atoms with van der Waals surface area (Å²) in [4.78, 5) is 20.8. The first-order chi connectivity index (χ1) is 10.7. The number of para-hydroxylation sites is 1.